The Morgan fingerprint density at radius 1 is 1.46 bits per heavy atom. The van der Waals surface area contributed by atoms with Crippen molar-refractivity contribution >= 4 is 45.9 Å². The Bertz CT molecular complexity index is 712. The van der Waals surface area contributed by atoms with E-state index in [2.05, 4.69) is 65.0 Å². The molecule has 0 spiro atoms. The largest absolute Gasteiger partial charge is 0.357 e. The van der Waals surface area contributed by atoms with Crippen LogP contribution in [0.1, 0.15) is 44.1 Å². The minimum absolute atomic E-state index is 0. The number of halogens is 2. The number of aryl methyl sites for hydroxylation is 1. The van der Waals surface area contributed by atoms with Crippen molar-refractivity contribution in [2.24, 2.45) is 12.0 Å². The molecular formula is C17H28BrIN6O. The lowest BCUT2D eigenvalue weighted by atomic mass is 10.2. The Labute approximate surface area is 180 Å². The smallest absolute Gasteiger partial charge is 0.228 e. The van der Waals surface area contributed by atoms with E-state index in [1.807, 2.05) is 27.9 Å². The summed E-state index contributed by atoms with van der Waals surface area (Å²) in [6.45, 7) is 8.35. The zero-order chi connectivity index (χ0) is 18.4. The van der Waals surface area contributed by atoms with Crippen LogP contribution in [0.5, 0.6) is 0 Å². The number of aromatic nitrogens is 3. The second-order valence-corrected chi connectivity index (χ2v) is 7.22. The number of rotatable bonds is 7. The van der Waals surface area contributed by atoms with Gasteiger partial charge in [-0.3, -0.25) is 4.99 Å². The summed E-state index contributed by atoms with van der Waals surface area (Å²) in [7, 11) is 4.08. The molecule has 2 aromatic rings. The molecule has 0 radical (unpaired) electrons. The maximum atomic E-state index is 5.27. The predicted molar refractivity (Wildman–Crippen MR) is 118 cm³/mol. The molecule has 0 amide bonds. The van der Waals surface area contributed by atoms with Crippen molar-refractivity contribution in [3.63, 3.8) is 0 Å². The first-order valence-corrected chi connectivity index (χ1v) is 9.32. The lowest BCUT2D eigenvalue weighted by molar-refractivity contribution is 0.372. The SMILES string of the molecule is CCNC(=NCCc1nc(C(C)C)no1)N(C)Cc1cc(Br)cn1C.I. The quantitative estimate of drug-likeness (QED) is 0.331. The molecule has 146 valence electrons. The average Bonchev–Trinajstić information content (AvgIpc) is 3.13. The first-order valence-electron chi connectivity index (χ1n) is 8.53. The maximum absolute atomic E-state index is 5.27. The van der Waals surface area contributed by atoms with E-state index < -0.39 is 0 Å². The van der Waals surface area contributed by atoms with Gasteiger partial charge in [-0.2, -0.15) is 4.98 Å². The van der Waals surface area contributed by atoms with Crippen molar-refractivity contribution in [3.05, 3.63) is 34.1 Å². The van der Waals surface area contributed by atoms with Crippen LogP contribution in [0, 0.1) is 0 Å². The molecule has 0 atom stereocenters. The van der Waals surface area contributed by atoms with Crippen LogP contribution in [-0.2, 0) is 20.0 Å². The summed E-state index contributed by atoms with van der Waals surface area (Å²) in [6.07, 6.45) is 2.69. The molecule has 0 aromatic carbocycles. The highest BCUT2D eigenvalue weighted by molar-refractivity contribution is 14.0. The van der Waals surface area contributed by atoms with Crippen molar-refractivity contribution in [1.82, 2.24) is 24.9 Å². The molecule has 2 heterocycles. The molecule has 2 aromatic heterocycles. The number of nitrogens with one attached hydrogen (secondary N) is 1. The fraction of sp³-hybridized carbons (Fsp3) is 0.588. The first-order chi connectivity index (χ1) is 11.9. The number of hydrogen-bond donors (Lipinski definition) is 1. The summed E-state index contributed by atoms with van der Waals surface area (Å²) in [4.78, 5) is 11.2. The lowest BCUT2D eigenvalue weighted by Gasteiger charge is -2.22. The van der Waals surface area contributed by atoms with Gasteiger partial charge >= 0.3 is 0 Å². The molecule has 0 aliphatic heterocycles. The van der Waals surface area contributed by atoms with Gasteiger partial charge in [-0.05, 0) is 28.9 Å². The van der Waals surface area contributed by atoms with Gasteiger partial charge in [-0.25, -0.2) is 0 Å². The van der Waals surface area contributed by atoms with E-state index in [0.29, 0.717) is 18.9 Å². The molecule has 0 saturated carbocycles. The fourth-order valence-corrected chi connectivity index (χ4v) is 2.94. The summed E-state index contributed by atoms with van der Waals surface area (Å²) in [5.41, 5.74) is 1.21. The molecule has 26 heavy (non-hydrogen) atoms. The molecule has 0 aliphatic carbocycles. The van der Waals surface area contributed by atoms with Crippen LogP contribution in [0.15, 0.2) is 26.3 Å². The highest BCUT2D eigenvalue weighted by Crippen LogP contribution is 2.15. The van der Waals surface area contributed by atoms with Crippen LogP contribution >= 0.6 is 39.9 Å². The summed E-state index contributed by atoms with van der Waals surface area (Å²) >= 11 is 3.51. The second-order valence-electron chi connectivity index (χ2n) is 6.30. The zero-order valence-corrected chi connectivity index (χ0v) is 19.9. The van der Waals surface area contributed by atoms with Crippen molar-refractivity contribution in [3.8, 4) is 0 Å². The number of nitrogens with zero attached hydrogens (tertiary/aromatic N) is 5. The van der Waals surface area contributed by atoms with E-state index in [9.17, 15) is 0 Å². The third-order valence-corrected chi connectivity index (χ3v) is 4.19. The normalized spacial score (nSPS) is 11.6. The van der Waals surface area contributed by atoms with E-state index in [0.717, 1.165) is 29.3 Å². The summed E-state index contributed by atoms with van der Waals surface area (Å²) in [5, 5.41) is 7.31. The van der Waals surface area contributed by atoms with Crippen LogP contribution < -0.4 is 5.32 Å². The van der Waals surface area contributed by atoms with Crippen LogP contribution in [0.25, 0.3) is 0 Å². The number of hydrogen-bond acceptors (Lipinski definition) is 4. The fourth-order valence-electron chi connectivity index (χ4n) is 2.37. The first kappa shape index (κ1) is 22.9. The van der Waals surface area contributed by atoms with Crippen molar-refractivity contribution in [2.45, 2.75) is 39.7 Å². The van der Waals surface area contributed by atoms with Gasteiger partial charge in [0.15, 0.2) is 11.8 Å². The van der Waals surface area contributed by atoms with Gasteiger partial charge in [0.1, 0.15) is 0 Å². The van der Waals surface area contributed by atoms with Crippen LogP contribution in [-0.4, -0.2) is 45.7 Å². The molecule has 7 nitrogen and oxygen atoms in total. The summed E-state index contributed by atoms with van der Waals surface area (Å²) in [5.74, 6) is 2.52. The standard InChI is InChI=1S/C17H27BrN6O.HI/c1-6-19-17(24(5)11-14-9-13(18)10-23(14)4)20-8-7-15-21-16(12(2)3)22-25-15;/h9-10,12H,6-8,11H2,1-5H3,(H,19,20);1H. The average molecular weight is 539 g/mol. The van der Waals surface area contributed by atoms with Crippen molar-refractivity contribution < 1.29 is 4.52 Å². The Hall–Kier alpha value is -1.10. The monoisotopic (exact) mass is 538 g/mol. The topological polar surface area (TPSA) is 71.5 Å². The molecule has 0 saturated heterocycles. The van der Waals surface area contributed by atoms with Crippen LogP contribution in [0.3, 0.4) is 0 Å². The molecule has 0 aliphatic rings. The lowest BCUT2D eigenvalue weighted by Crippen LogP contribution is -2.39. The van der Waals surface area contributed by atoms with Crippen molar-refractivity contribution in [1.29, 1.82) is 0 Å². The summed E-state index contributed by atoms with van der Waals surface area (Å²) in [6, 6.07) is 2.12. The molecule has 0 unspecified atom stereocenters. The van der Waals surface area contributed by atoms with Gasteiger partial charge in [0.05, 0.1) is 13.1 Å². The van der Waals surface area contributed by atoms with Gasteiger partial charge in [-0.1, -0.05) is 19.0 Å². The van der Waals surface area contributed by atoms with Gasteiger partial charge in [0.25, 0.3) is 0 Å². The third kappa shape index (κ3) is 6.57. The minimum atomic E-state index is 0. The van der Waals surface area contributed by atoms with E-state index in [-0.39, 0.29) is 29.9 Å². The Morgan fingerprint density at radius 3 is 2.73 bits per heavy atom. The highest BCUT2D eigenvalue weighted by atomic mass is 127. The molecule has 0 bridgehead atoms. The highest BCUT2D eigenvalue weighted by Gasteiger charge is 2.11. The molecule has 1 N–H and O–H groups in total. The van der Waals surface area contributed by atoms with Gasteiger partial charge in [0, 0.05) is 49.3 Å². The number of aliphatic imine (C=N–C) groups is 1. The molecule has 0 fully saturated rings. The van der Waals surface area contributed by atoms with E-state index in [4.69, 9.17) is 4.52 Å². The Morgan fingerprint density at radius 2 is 2.19 bits per heavy atom. The van der Waals surface area contributed by atoms with E-state index in [1.54, 1.807) is 0 Å². The van der Waals surface area contributed by atoms with E-state index in [1.165, 1.54) is 5.69 Å². The molecular weight excluding hydrogens is 511 g/mol. The maximum Gasteiger partial charge on any atom is 0.228 e. The second kappa shape index (κ2) is 10.9. The van der Waals surface area contributed by atoms with Crippen LogP contribution in [0.2, 0.25) is 0 Å². The molecule has 2 rings (SSSR count). The van der Waals surface area contributed by atoms with E-state index >= 15 is 0 Å². The van der Waals surface area contributed by atoms with Crippen molar-refractivity contribution in [2.75, 3.05) is 20.1 Å². The predicted octanol–water partition coefficient (Wildman–Crippen LogP) is 3.55. The number of guanidine groups is 1. The third-order valence-electron chi connectivity index (χ3n) is 3.76. The Balaban J connectivity index is 0.00000338. The van der Waals surface area contributed by atoms with Crippen LogP contribution in [0.4, 0.5) is 0 Å². The molecule has 9 heteroatoms. The van der Waals surface area contributed by atoms with Gasteiger partial charge in [-0.15, -0.1) is 24.0 Å². The Kier molecular flexibility index (Phi) is 9.62. The minimum Gasteiger partial charge on any atom is -0.357 e. The zero-order valence-electron chi connectivity index (χ0n) is 16.0. The summed E-state index contributed by atoms with van der Waals surface area (Å²) < 4.78 is 8.46. The van der Waals surface area contributed by atoms with Gasteiger partial charge in [0.2, 0.25) is 5.89 Å². The van der Waals surface area contributed by atoms with Gasteiger partial charge < -0.3 is 19.3 Å².